The van der Waals surface area contributed by atoms with Crippen molar-refractivity contribution < 1.29 is 9.47 Å². The molecule has 1 saturated carbocycles. The standard InChI is InChI=1S/C17H21NO2S/c1-2-19-16-5-3-4-6-17(16)20-12-15-10-9-14(21-15)11-18-13-7-8-13/h3-6,9-10,13,18H,2,7-8,11-12H2,1H3. The number of rotatable bonds is 8. The molecule has 1 heterocycles. The van der Waals surface area contributed by atoms with E-state index in [2.05, 4.69) is 17.4 Å². The van der Waals surface area contributed by atoms with Gasteiger partial charge in [0, 0.05) is 22.3 Å². The van der Waals surface area contributed by atoms with Crippen LogP contribution in [0.4, 0.5) is 0 Å². The Morgan fingerprint density at radius 2 is 1.76 bits per heavy atom. The van der Waals surface area contributed by atoms with E-state index in [0.29, 0.717) is 13.2 Å². The van der Waals surface area contributed by atoms with Crippen LogP contribution in [0.3, 0.4) is 0 Å². The summed E-state index contributed by atoms with van der Waals surface area (Å²) in [7, 11) is 0. The summed E-state index contributed by atoms with van der Waals surface area (Å²) in [4.78, 5) is 2.62. The number of ether oxygens (including phenoxy) is 2. The van der Waals surface area contributed by atoms with Crippen LogP contribution in [0, 0.1) is 0 Å². The number of hydrogen-bond acceptors (Lipinski definition) is 4. The Morgan fingerprint density at radius 3 is 2.48 bits per heavy atom. The molecule has 1 aliphatic carbocycles. The maximum Gasteiger partial charge on any atom is 0.161 e. The van der Waals surface area contributed by atoms with Crippen LogP contribution in [0.1, 0.15) is 29.5 Å². The van der Waals surface area contributed by atoms with E-state index in [0.717, 1.165) is 24.1 Å². The monoisotopic (exact) mass is 303 g/mol. The van der Waals surface area contributed by atoms with Gasteiger partial charge in [-0.15, -0.1) is 11.3 Å². The van der Waals surface area contributed by atoms with E-state index in [4.69, 9.17) is 9.47 Å². The smallest absolute Gasteiger partial charge is 0.161 e. The van der Waals surface area contributed by atoms with Crippen LogP contribution in [-0.4, -0.2) is 12.6 Å². The Labute approximate surface area is 129 Å². The summed E-state index contributed by atoms with van der Waals surface area (Å²) in [6.07, 6.45) is 2.66. The molecule has 1 aromatic carbocycles. The predicted molar refractivity (Wildman–Crippen MR) is 86.1 cm³/mol. The Kier molecular flexibility index (Phi) is 4.78. The highest BCUT2D eigenvalue weighted by molar-refractivity contribution is 7.11. The number of para-hydroxylation sites is 2. The first-order valence-electron chi connectivity index (χ1n) is 7.50. The van der Waals surface area contributed by atoms with Gasteiger partial charge in [-0.05, 0) is 44.0 Å². The number of nitrogens with one attached hydrogen (secondary N) is 1. The molecule has 0 spiro atoms. The van der Waals surface area contributed by atoms with Gasteiger partial charge < -0.3 is 14.8 Å². The van der Waals surface area contributed by atoms with E-state index in [-0.39, 0.29) is 0 Å². The number of benzene rings is 1. The minimum Gasteiger partial charge on any atom is -0.490 e. The first-order chi connectivity index (χ1) is 10.3. The highest BCUT2D eigenvalue weighted by Crippen LogP contribution is 2.28. The van der Waals surface area contributed by atoms with Crippen molar-refractivity contribution >= 4 is 11.3 Å². The summed E-state index contributed by atoms with van der Waals surface area (Å²) >= 11 is 1.81. The summed E-state index contributed by atoms with van der Waals surface area (Å²) in [5.41, 5.74) is 0. The van der Waals surface area contributed by atoms with Gasteiger partial charge in [0.2, 0.25) is 0 Å². The number of thiophene rings is 1. The highest BCUT2D eigenvalue weighted by Gasteiger charge is 2.20. The molecule has 2 aromatic rings. The van der Waals surface area contributed by atoms with E-state index < -0.39 is 0 Å². The van der Waals surface area contributed by atoms with Crippen molar-refractivity contribution in [1.29, 1.82) is 0 Å². The molecule has 0 aliphatic heterocycles. The maximum absolute atomic E-state index is 5.89. The van der Waals surface area contributed by atoms with Gasteiger partial charge in [0.15, 0.2) is 11.5 Å². The van der Waals surface area contributed by atoms with Crippen molar-refractivity contribution in [2.24, 2.45) is 0 Å². The van der Waals surface area contributed by atoms with Crippen LogP contribution in [0.15, 0.2) is 36.4 Å². The fourth-order valence-corrected chi connectivity index (χ4v) is 3.00. The zero-order chi connectivity index (χ0) is 14.5. The third-order valence-electron chi connectivity index (χ3n) is 3.38. The largest absolute Gasteiger partial charge is 0.490 e. The summed E-state index contributed by atoms with van der Waals surface area (Å²) in [5.74, 6) is 1.62. The predicted octanol–water partition coefficient (Wildman–Crippen LogP) is 3.98. The lowest BCUT2D eigenvalue weighted by Crippen LogP contribution is -2.14. The van der Waals surface area contributed by atoms with Crippen molar-refractivity contribution in [2.75, 3.05) is 6.61 Å². The summed E-state index contributed by atoms with van der Waals surface area (Å²) in [5, 5.41) is 3.54. The topological polar surface area (TPSA) is 30.5 Å². The van der Waals surface area contributed by atoms with E-state index >= 15 is 0 Å². The van der Waals surface area contributed by atoms with Gasteiger partial charge in [-0.1, -0.05) is 12.1 Å². The van der Waals surface area contributed by atoms with Crippen LogP contribution in [-0.2, 0) is 13.2 Å². The van der Waals surface area contributed by atoms with Gasteiger partial charge in [0.1, 0.15) is 6.61 Å². The molecule has 1 N–H and O–H groups in total. The molecule has 0 radical (unpaired) electrons. The summed E-state index contributed by atoms with van der Waals surface area (Å²) in [6, 6.07) is 12.9. The molecule has 0 saturated heterocycles. The molecule has 1 aromatic heterocycles. The van der Waals surface area contributed by atoms with Crippen LogP contribution >= 0.6 is 11.3 Å². The van der Waals surface area contributed by atoms with Gasteiger partial charge in [0.25, 0.3) is 0 Å². The minimum atomic E-state index is 0.595. The molecule has 4 heteroatoms. The molecular formula is C17H21NO2S. The Hall–Kier alpha value is -1.52. The molecule has 21 heavy (non-hydrogen) atoms. The van der Waals surface area contributed by atoms with Gasteiger partial charge in [0.05, 0.1) is 6.61 Å². The Balaban J connectivity index is 1.54. The summed E-state index contributed by atoms with van der Waals surface area (Å²) < 4.78 is 11.5. The molecule has 0 atom stereocenters. The molecule has 0 unspecified atom stereocenters. The lowest BCUT2D eigenvalue weighted by molar-refractivity contribution is 0.271. The second-order valence-electron chi connectivity index (χ2n) is 5.19. The van der Waals surface area contributed by atoms with E-state index in [1.165, 1.54) is 22.6 Å². The third kappa shape index (κ3) is 4.22. The van der Waals surface area contributed by atoms with Crippen LogP contribution in [0.5, 0.6) is 11.5 Å². The molecular weight excluding hydrogens is 282 g/mol. The highest BCUT2D eigenvalue weighted by atomic mass is 32.1. The zero-order valence-electron chi connectivity index (χ0n) is 12.3. The third-order valence-corrected chi connectivity index (χ3v) is 4.44. The lowest BCUT2D eigenvalue weighted by Gasteiger charge is -2.10. The van der Waals surface area contributed by atoms with E-state index in [9.17, 15) is 0 Å². The van der Waals surface area contributed by atoms with Crippen molar-refractivity contribution in [1.82, 2.24) is 5.32 Å². The van der Waals surface area contributed by atoms with Crippen molar-refractivity contribution in [3.8, 4) is 11.5 Å². The number of hydrogen-bond donors (Lipinski definition) is 1. The van der Waals surface area contributed by atoms with Crippen molar-refractivity contribution in [2.45, 2.75) is 39.0 Å². The molecule has 1 fully saturated rings. The second-order valence-corrected chi connectivity index (χ2v) is 6.44. The van der Waals surface area contributed by atoms with Gasteiger partial charge in [-0.25, -0.2) is 0 Å². The molecule has 0 amide bonds. The first-order valence-corrected chi connectivity index (χ1v) is 8.32. The van der Waals surface area contributed by atoms with Crippen molar-refractivity contribution in [3.63, 3.8) is 0 Å². The lowest BCUT2D eigenvalue weighted by atomic mass is 10.3. The van der Waals surface area contributed by atoms with Gasteiger partial charge >= 0.3 is 0 Å². The second kappa shape index (κ2) is 6.96. The fourth-order valence-electron chi connectivity index (χ4n) is 2.12. The first kappa shape index (κ1) is 14.4. The fraction of sp³-hybridized carbons (Fsp3) is 0.412. The summed E-state index contributed by atoms with van der Waals surface area (Å²) in [6.45, 7) is 4.20. The van der Waals surface area contributed by atoms with Crippen LogP contribution < -0.4 is 14.8 Å². The van der Waals surface area contributed by atoms with Gasteiger partial charge in [-0.2, -0.15) is 0 Å². The molecule has 3 rings (SSSR count). The van der Waals surface area contributed by atoms with Crippen molar-refractivity contribution in [3.05, 3.63) is 46.2 Å². The Morgan fingerprint density at radius 1 is 1.05 bits per heavy atom. The zero-order valence-corrected chi connectivity index (χ0v) is 13.1. The molecule has 3 nitrogen and oxygen atoms in total. The van der Waals surface area contributed by atoms with E-state index in [1.54, 1.807) is 0 Å². The quantitative estimate of drug-likeness (QED) is 0.800. The molecule has 0 bridgehead atoms. The van der Waals surface area contributed by atoms with Gasteiger partial charge in [-0.3, -0.25) is 0 Å². The minimum absolute atomic E-state index is 0.595. The molecule has 112 valence electrons. The normalized spacial score (nSPS) is 14.1. The van der Waals surface area contributed by atoms with E-state index in [1.807, 2.05) is 42.5 Å². The van der Waals surface area contributed by atoms with Crippen LogP contribution in [0.25, 0.3) is 0 Å². The Bertz CT molecular complexity index is 578. The maximum atomic E-state index is 5.89. The average Bonchev–Trinajstić information content (AvgIpc) is 3.23. The van der Waals surface area contributed by atoms with Crippen LogP contribution in [0.2, 0.25) is 0 Å². The SMILES string of the molecule is CCOc1ccccc1OCc1ccc(CNC2CC2)s1. The molecule has 1 aliphatic rings. The average molecular weight is 303 g/mol.